The van der Waals surface area contributed by atoms with Crippen molar-refractivity contribution in [1.29, 1.82) is 0 Å². The third-order valence-electron chi connectivity index (χ3n) is 12.1. The van der Waals surface area contributed by atoms with E-state index in [0.717, 1.165) is 24.8 Å². The third kappa shape index (κ3) is 7.04. The highest BCUT2D eigenvalue weighted by molar-refractivity contribution is 7.85. The minimum absolute atomic E-state index is 0.148. The topological polar surface area (TPSA) is 89.9 Å². The summed E-state index contributed by atoms with van der Waals surface area (Å²) < 4.78 is 121. The van der Waals surface area contributed by atoms with Crippen molar-refractivity contribution >= 4 is 16.3 Å². The number of halogens is 6. The van der Waals surface area contributed by atoms with Crippen LogP contribution in [0.1, 0.15) is 105 Å². The van der Waals surface area contributed by atoms with Gasteiger partial charge in [-0.05, 0) is 91.3 Å². The molecule has 45 heavy (non-hydrogen) atoms. The zero-order valence-corrected chi connectivity index (χ0v) is 27.6. The van der Waals surface area contributed by atoms with Crippen molar-refractivity contribution in [3.63, 3.8) is 0 Å². The molecule has 0 radical (unpaired) electrons. The molecule has 4 aliphatic carbocycles. The first-order valence-corrected chi connectivity index (χ1v) is 17.8. The predicted molar refractivity (Wildman–Crippen MR) is 156 cm³/mol. The summed E-state index contributed by atoms with van der Waals surface area (Å²) in [5.74, 6) is 0.588. The van der Waals surface area contributed by atoms with Crippen LogP contribution < -0.4 is 0 Å². The van der Waals surface area contributed by atoms with Crippen LogP contribution in [0.4, 0.5) is 31.1 Å². The first kappa shape index (κ1) is 36.3. The summed E-state index contributed by atoms with van der Waals surface area (Å²) in [5, 5.41) is 0. The number of hydrogen-bond donors (Lipinski definition) is 1. The second-order valence-electron chi connectivity index (χ2n) is 15.2. The van der Waals surface area contributed by atoms with Gasteiger partial charge in [0, 0.05) is 6.42 Å². The van der Waals surface area contributed by atoms with E-state index in [1.165, 1.54) is 32.1 Å². The van der Waals surface area contributed by atoms with Crippen molar-refractivity contribution in [2.45, 2.75) is 129 Å². The summed E-state index contributed by atoms with van der Waals surface area (Å²) in [5.41, 5.74) is -4.44. The average molecular weight is 675 g/mol. The molecule has 0 aliphatic heterocycles. The van der Waals surface area contributed by atoms with Crippen molar-refractivity contribution in [2.75, 3.05) is 5.75 Å². The molecule has 0 bridgehead atoms. The molecule has 0 aromatic carbocycles. The van der Waals surface area contributed by atoms with Gasteiger partial charge in [0.1, 0.15) is 11.9 Å². The molecule has 3 saturated carbocycles. The lowest BCUT2D eigenvalue weighted by atomic mass is 9.47. The molecule has 4 rings (SSSR count). The molecule has 260 valence electrons. The highest BCUT2D eigenvalue weighted by atomic mass is 32.2. The number of carbonyl (C=O) groups is 1. The maximum Gasteiger partial charge on any atom is 0.509 e. The highest BCUT2D eigenvalue weighted by Gasteiger charge is 2.76. The summed E-state index contributed by atoms with van der Waals surface area (Å²) in [6.45, 7) is 11.6. The average Bonchev–Trinajstić information content (AvgIpc) is 3.23. The SMILES string of the molecule is CC(C)CCCC(C)C1CCC2C3CC=C4CC(OC(=O)OC(CS(=O)(=O)O)(C(F)(F)F)C(F)(F)F)CCC4(C)C3CCC12C. The predicted octanol–water partition coefficient (Wildman–Crippen LogP) is 9.30. The summed E-state index contributed by atoms with van der Waals surface area (Å²) in [6, 6.07) is 0. The minimum Gasteiger partial charge on any atom is -0.431 e. The van der Waals surface area contributed by atoms with Crippen LogP contribution in [-0.2, 0) is 19.6 Å². The minimum atomic E-state index is -6.40. The Morgan fingerprint density at radius 3 is 2.20 bits per heavy atom. The molecule has 0 aromatic heterocycles. The fourth-order valence-electron chi connectivity index (χ4n) is 9.78. The number of rotatable bonds is 9. The van der Waals surface area contributed by atoms with E-state index in [2.05, 4.69) is 45.4 Å². The van der Waals surface area contributed by atoms with Gasteiger partial charge in [-0.2, -0.15) is 34.8 Å². The number of fused-ring (bicyclic) bond motifs is 5. The van der Waals surface area contributed by atoms with Gasteiger partial charge in [0.25, 0.3) is 10.1 Å². The van der Waals surface area contributed by atoms with Gasteiger partial charge in [-0.3, -0.25) is 4.55 Å². The standard InChI is InChI=1S/C32H48F6O6S/c1-19(2)7-6-8-20(3)24-11-12-25-23-10-9-21-17-22(13-15-28(21,4)26(23)14-16-29(24,25)5)43-27(39)44-30(31(33,34)35,32(36,37)38)18-45(40,41)42/h9,19-20,22-26H,6-8,10-18H2,1-5H3,(H,40,41,42). The summed E-state index contributed by atoms with van der Waals surface area (Å²) in [7, 11) is -5.87. The van der Waals surface area contributed by atoms with Gasteiger partial charge in [-0.1, -0.05) is 65.5 Å². The van der Waals surface area contributed by atoms with Crippen LogP contribution in [-0.4, -0.2) is 48.9 Å². The first-order chi connectivity index (χ1) is 20.5. The molecule has 6 nitrogen and oxygen atoms in total. The smallest absolute Gasteiger partial charge is 0.431 e. The summed E-state index contributed by atoms with van der Waals surface area (Å²) >= 11 is 0. The molecule has 0 amide bonds. The molecule has 0 spiro atoms. The van der Waals surface area contributed by atoms with E-state index in [1.807, 2.05) is 0 Å². The van der Waals surface area contributed by atoms with Crippen LogP contribution in [0.5, 0.6) is 0 Å². The van der Waals surface area contributed by atoms with E-state index < -0.39 is 46.1 Å². The lowest BCUT2D eigenvalue weighted by molar-refractivity contribution is -0.360. The summed E-state index contributed by atoms with van der Waals surface area (Å²) in [6.07, 6.45) is -3.91. The Hall–Kier alpha value is -1.50. The van der Waals surface area contributed by atoms with E-state index in [0.29, 0.717) is 41.9 Å². The van der Waals surface area contributed by atoms with Gasteiger partial charge in [-0.15, -0.1) is 0 Å². The van der Waals surface area contributed by atoms with E-state index in [9.17, 15) is 39.6 Å². The van der Waals surface area contributed by atoms with Crippen molar-refractivity contribution in [3.05, 3.63) is 11.6 Å². The fraction of sp³-hybridized carbons (Fsp3) is 0.906. The Morgan fingerprint density at radius 1 is 0.978 bits per heavy atom. The van der Waals surface area contributed by atoms with Gasteiger partial charge in [0.2, 0.25) is 0 Å². The number of carbonyl (C=O) groups excluding carboxylic acids is 1. The number of alkyl halides is 6. The normalized spacial score (nSPS) is 34.8. The third-order valence-corrected chi connectivity index (χ3v) is 12.9. The Kier molecular flexibility index (Phi) is 10.1. The van der Waals surface area contributed by atoms with Gasteiger partial charge in [0.05, 0.1) is 0 Å². The molecular formula is C32H48F6O6S. The quantitative estimate of drug-likeness (QED) is 0.114. The van der Waals surface area contributed by atoms with Crippen LogP contribution in [0.3, 0.4) is 0 Å². The van der Waals surface area contributed by atoms with Crippen molar-refractivity contribution in [2.24, 2.45) is 46.3 Å². The molecular weight excluding hydrogens is 626 g/mol. The van der Waals surface area contributed by atoms with Gasteiger partial charge in [0.15, 0.2) is 0 Å². The zero-order chi connectivity index (χ0) is 33.8. The fourth-order valence-corrected chi connectivity index (χ4v) is 10.7. The van der Waals surface area contributed by atoms with Crippen LogP contribution >= 0.6 is 0 Å². The monoisotopic (exact) mass is 674 g/mol. The molecule has 0 aromatic rings. The van der Waals surface area contributed by atoms with Crippen molar-refractivity contribution in [3.8, 4) is 0 Å². The Morgan fingerprint density at radius 2 is 1.62 bits per heavy atom. The maximum absolute atomic E-state index is 13.6. The van der Waals surface area contributed by atoms with E-state index >= 15 is 0 Å². The van der Waals surface area contributed by atoms with Crippen LogP contribution in [0.15, 0.2) is 11.6 Å². The number of ether oxygens (including phenoxy) is 2. The Balaban J connectivity index is 1.45. The van der Waals surface area contributed by atoms with Crippen LogP contribution in [0.2, 0.25) is 0 Å². The molecule has 4 aliphatic rings. The second-order valence-corrected chi connectivity index (χ2v) is 16.6. The Bertz CT molecular complexity index is 1220. The Labute approximate surface area is 262 Å². The molecule has 0 heterocycles. The van der Waals surface area contributed by atoms with Gasteiger partial charge < -0.3 is 9.47 Å². The zero-order valence-electron chi connectivity index (χ0n) is 26.8. The molecule has 8 atom stereocenters. The van der Waals surface area contributed by atoms with E-state index in [4.69, 9.17) is 9.29 Å². The van der Waals surface area contributed by atoms with Gasteiger partial charge >= 0.3 is 24.1 Å². The van der Waals surface area contributed by atoms with Crippen molar-refractivity contribution in [1.82, 2.24) is 0 Å². The van der Waals surface area contributed by atoms with Crippen LogP contribution in [0.25, 0.3) is 0 Å². The van der Waals surface area contributed by atoms with Crippen LogP contribution in [0, 0.1) is 46.3 Å². The molecule has 1 N–H and O–H groups in total. The number of allylic oxidation sites excluding steroid dienone is 1. The van der Waals surface area contributed by atoms with Gasteiger partial charge in [-0.25, -0.2) is 4.79 Å². The largest absolute Gasteiger partial charge is 0.509 e. The van der Waals surface area contributed by atoms with Crippen molar-refractivity contribution < 1.29 is 53.6 Å². The van der Waals surface area contributed by atoms with E-state index in [1.54, 1.807) is 0 Å². The maximum atomic E-state index is 13.6. The number of hydrogen-bond acceptors (Lipinski definition) is 5. The molecule has 13 heteroatoms. The second kappa shape index (κ2) is 12.5. The lowest BCUT2D eigenvalue weighted by Gasteiger charge is -2.58. The van der Waals surface area contributed by atoms with E-state index in [-0.39, 0.29) is 23.7 Å². The molecule has 3 fully saturated rings. The highest BCUT2D eigenvalue weighted by Crippen LogP contribution is 2.67. The molecule has 0 saturated heterocycles. The molecule has 8 unspecified atom stereocenters. The lowest BCUT2D eigenvalue weighted by Crippen LogP contribution is -2.63. The first-order valence-electron chi connectivity index (χ1n) is 16.2. The summed E-state index contributed by atoms with van der Waals surface area (Å²) in [4.78, 5) is 12.4.